The molecular weight excluding hydrogens is 364 g/mol. The van der Waals surface area contributed by atoms with Gasteiger partial charge in [-0.2, -0.15) is 0 Å². The van der Waals surface area contributed by atoms with E-state index in [0.717, 1.165) is 58.7 Å². The number of carbonyl (C=O) groups is 1. The molecule has 0 spiro atoms. The first-order valence-corrected chi connectivity index (χ1v) is 11.0. The molecule has 2 aromatic rings. The van der Waals surface area contributed by atoms with Crippen LogP contribution < -0.4 is 0 Å². The number of benzene rings is 1. The van der Waals surface area contributed by atoms with Crippen LogP contribution in [0.15, 0.2) is 41.0 Å². The zero-order valence-electron chi connectivity index (χ0n) is 17.3. The van der Waals surface area contributed by atoms with E-state index in [9.17, 15) is 4.79 Å². The maximum atomic E-state index is 12.8. The quantitative estimate of drug-likeness (QED) is 0.775. The van der Waals surface area contributed by atoms with Gasteiger partial charge in [-0.15, -0.1) is 0 Å². The van der Waals surface area contributed by atoms with E-state index in [-0.39, 0.29) is 5.91 Å². The van der Waals surface area contributed by atoms with Crippen molar-refractivity contribution in [2.45, 2.75) is 45.2 Å². The number of piperazine rings is 1. The average Bonchev–Trinajstić information content (AvgIpc) is 3.18. The molecule has 2 aliphatic rings. The van der Waals surface area contributed by atoms with Gasteiger partial charge in [-0.05, 0) is 18.4 Å². The Labute approximate surface area is 173 Å². The van der Waals surface area contributed by atoms with Gasteiger partial charge in [0.1, 0.15) is 6.26 Å². The first-order chi connectivity index (χ1) is 14.3. The third-order valence-corrected chi connectivity index (χ3v) is 5.99. The van der Waals surface area contributed by atoms with Gasteiger partial charge in [0.2, 0.25) is 5.89 Å². The zero-order chi connectivity index (χ0) is 19.9. The predicted octanol–water partition coefficient (Wildman–Crippen LogP) is 3.40. The maximum absolute atomic E-state index is 12.8. The Bertz CT molecular complexity index is 760. The van der Waals surface area contributed by atoms with Crippen LogP contribution in [0.4, 0.5) is 0 Å². The molecule has 2 aliphatic heterocycles. The molecule has 6 heteroatoms. The number of aromatic nitrogens is 1. The number of rotatable bonds is 5. The Hall–Kier alpha value is -2.18. The summed E-state index contributed by atoms with van der Waals surface area (Å²) in [7, 11) is 0. The van der Waals surface area contributed by atoms with Crippen molar-refractivity contribution in [2.75, 3.05) is 39.3 Å². The molecule has 0 aliphatic carbocycles. The highest BCUT2D eigenvalue weighted by Gasteiger charge is 2.22. The fraction of sp³-hybridized carbons (Fsp3) is 0.565. The Balaban J connectivity index is 1.25. The largest absolute Gasteiger partial charge is 0.447 e. The fourth-order valence-electron chi connectivity index (χ4n) is 4.23. The van der Waals surface area contributed by atoms with Gasteiger partial charge in [0, 0.05) is 45.8 Å². The topological polar surface area (TPSA) is 52.8 Å². The third kappa shape index (κ3) is 5.67. The standard InChI is InChI=1S/C23H32N4O2/c28-23(27-11-7-2-1-3-8-12-27)21-19-29-22(24-21)18-26-15-13-25(14-16-26)17-20-9-5-4-6-10-20/h4-6,9-10,19H,1-3,7-8,11-18H2. The Kier molecular flexibility index (Phi) is 6.96. The van der Waals surface area contributed by atoms with Gasteiger partial charge in [0.15, 0.2) is 5.69 Å². The molecular formula is C23H32N4O2. The van der Waals surface area contributed by atoms with E-state index >= 15 is 0 Å². The highest BCUT2D eigenvalue weighted by atomic mass is 16.3. The van der Waals surface area contributed by atoms with Crippen molar-refractivity contribution in [1.29, 1.82) is 0 Å². The lowest BCUT2D eigenvalue weighted by Gasteiger charge is -2.34. The van der Waals surface area contributed by atoms with Crippen molar-refractivity contribution >= 4 is 5.91 Å². The fourth-order valence-corrected chi connectivity index (χ4v) is 4.23. The van der Waals surface area contributed by atoms with E-state index in [0.29, 0.717) is 18.1 Å². The van der Waals surface area contributed by atoms with Crippen molar-refractivity contribution < 1.29 is 9.21 Å². The summed E-state index contributed by atoms with van der Waals surface area (Å²) in [6, 6.07) is 10.6. The lowest BCUT2D eigenvalue weighted by Crippen LogP contribution is -2.45. The van der Waals surface area contributed by atoms with Gasteiger partial charge in [-0.3, -0.25) is 14.6 Å². The molecule has 1 amide bonds. The Morgan fingerprint density at radius 1 is 0.828 bits per heavy atom. The van der Waals surface area contributed by atoms with Crippen LogP contribution in [-0.4, -0.2) is 64.9 Å². The summed E-state index contributed by atoms with van der Waals surface area (Å²) in [6.07, 6.45) is 7.43. The minimum absolute atomic E-state index is 0.0228. The number of hydrogen-bond donors (Lipinski definition) is 0. The molecule has 0 unspecified atom stereocenters. The second-order valence-corrected chi connectivity index (χ2v) is 8.22. The first-order valence-electron chi connectivity index (χ1n) is 11.0. The summed E-state index contributed by atoms with van der Waals surface area (Å²) in [5.74, 6) is 0.673. The van der Waals surface area contributed by atoms with Crippen molar-refractivity contribution in [3.8, 4) is 0 Å². The number of likely N-dealkylation sites (tertiary alicyclic amines) is 1. The van der Waals surface area contributed by atoms with Crippen molar-refractivity contribution in [3.63, 3.8) is 0 Å². The molecule has 0 saturated carbocycles. The molecule has 6 nitrogen and oxygen atoms in total. The summed E-state index contributed by atoms with van der Waals surface area (Å²) in [5.41, 5.74) is 1.82. The first kappa shape index (κ1) is 20.1. The summed E-state index contributed by atoms with van der Waals surface area (Å²) in [6.45, 7) is 7.41. The van der Waals surface area contributed by atoms with E-state index in [4.69, 9.17) is 4.42 Å². The van der Waals surface area contributed by atoms with E-state index in [1.54, 1.807) is 6.26 Å². The van der Waals surface area contributed by atoms with Gasteiger partial charge in [-0.25, -0.2) is 4.98 Å². The minimum Gasteiger partial charge on any atom is -0.447 e. The Morgan fingerprint density at radius 3 is 2.14 bits per heavy atom. The monoisotopic (exact) mass is 396 g/mol. The summed E-state index contributed by atoms with van der Waals surface area (Å²) >= 11 is 0. The number of hydrogen-bond acceptors (Lipinski definition) is 5. The molecule has 0 radical (unpaired) electrons. The number of carbonyl (C=O) groups excluding carboxylic acids is 1. The molecule has 29 heavy (non-hydrogen) atoms. The van der Waals surface area contributed by atoms with Crippen LogP contribution in [0.25, 0.3) is 0 Å². The van der Waals surface area contributed by atoms with Crippen LogP contribution >= 0.6 is 0 Å². The number of nitrogens with zero attached hydrogens (tertiary/aromatic N) is 4. The SMILES string of the molecule is O=C(c1coc(CN2CCN(Cc3ccccc3)CC2)n1)N1CCCCCCC1. The smallest absolute Gasteiger partial charge is 0.275 e. The average molecular weight is 397 g/mol. The van der Waals surface area contributed by atoms with Gasteiger partial charge in [0.05, 0.1) is 6.54 Å². The second kappa shape index (κ2) is 10.0. The maximum Gasteiger partial charge on any atom is 0.275 e. The lowest BCUT2D eigenvalue weighted by molar-refractivity contribution is 0.0736. The molecule has 156 valence electrons. The van der Waals surface area contributed by atoms with Crippen LogP contribution in [-0.2, 0) is 13.1 Å². The molecule has 0 bridgehead atoms. The highest BCUT2D eigenvalue weighted by Crippen LogP contribution is 2.15. The number of amides is 1. The van der Waals surface area contributed by atoms with E-state index in [1.807, 2.05) is 4.90 Å². The summed E-state index contributed by atoms with van der Waals surface area (Å²) in [5, 5.41) is 0. The third-order valence-electron chi connectivity index (χ3n) is 5.99. The van der Waals surface area contributed by atoms with Gasteiger partial charge >= 0.3 is 0 Å². The van der Waals surface area contributed by atoms with E-state index in [1.165, 1.54) is 24.8 Å². The lowest BCUT2D eigenvalue weighted by atomic mass is 10.1. The van der Waals surface area contributed by atoms with Gasteiger partial charge < -0.3 is 9.32 Å². The number of oxazole rings is 1. The summed E-state index contributed by atoms with van der Waals surface area (Å²) < 4.78 is 5.64. The van der Waals surface area contributed by atoms with Crippen molar-refractivity contribution in [1.82, 2.24) is 19.7 Å². The molecule has 0 N–H and O–H groups in total. The van der Waals surface area contributed by atoms with Gasteiger partial charge in [-0.1, -0.05) is 49.6 Å². The van der Waals surface area contributed by atoms with Gasteiger partial charge in [0.25, 0.3) is 5.91 Å². The molecule has 3 heterocycles. The molecule has 1 aromatic heterocycles. The van der Waals surface area contributed by atoms with Crippen molar-refractivity contribution in [2.24, 2.45) is 0 Å². The molecule has 4 rings (SSSR count). The normalized spacial score (nSPS) is 19.7. The second-order valence-electron chi connectivity index (χ2n) is 8.22. The molecule has 2 fully saturated rings. The van der Waals surface area contributed by atoms with E-state index in [2.05, 4.69) is 45.1 Å². The minimum atomic E-state index is 0.0228. The zero-order valence-corrected chi connectivity index (χ0v) is 17.3. The van der Waals surface area contributed by atoms with Crippen LogP contribution in [0, 0.1) is 0 Å². The van der Waals surface area contributed by atoms with E-state index < -0.39 is 0 Å². The highest BCUT2D eigenvalue weighted by molar-refractivity contribution is 5.92. The van der Waals surface area contributed by atoms with Crippen LogP contribution in [0.2, 0.25) is 0 Å². The molecule has 1 aromatic carbocycles. The summed E-state index contributed by atoms with van der Waals surface area (Å²) in [4.78, 5) is 24.1. The predicted molar refractivity (Wildman–Crippen MR) is 112 cm³/mol. The molecule has 2 saturated heterocycles. The molecule has 0 atom stereocenters. The Morgan fingerprint density at radius 2 is 1.45 bits per heavy atom. The van der Waals surface area contributed by atoms with Crippen molar-refractivity contribution in [3.05, 3.63) is 53.7 Å². The van der Waals surface area contributed by atoms with Crippen LogP contribution in [0.5, 0.6) is 0 Å². The van der Waals surface area contributed by atoms with Crippen LogP contribution in [0.3, 0.4) is 0 Å². The van der Waals surface area contributed by atoms with Crippen LogP contribution in [0.1, 0.15) is 54.0 Å².